The van der Waals surface area contributed by atoms with Gasteiger partial charge in [0.1, 0.15) is 0 Å². The van der Waals surface area contributed by atoms with Crippen molar-refractivity contribution in [1.29, 1.82) is 0 Å². The average Bonchev–Trinajstić information content (AvgIpc) is 2.29. The maximum absolute atomic E-state index is 6.74. The number of benzene rings is 1. The smallest absolute Gasteiger partial charge is 0.0195 e. The Bertz CT molecular complexity index is 402. The molecule has 1 aliphatic carbocycles. The molecule has 1 nitrogen and oxygen atoms in total. The van der Waals surface area contributed by atoms with Crippen LogP contribution in [0.15, 0.2) is 12.1 Å². The highest BCUT2D eigenvalue weighted by Gasteiger charge is 2.26. The molecule has 0 spiro atoms. The molecule has 0 saturated heterocycles. The van der Waals surface area contributed by atoms with Crippen LogP contribution in [0.4, 0.5) is 0 Å². The third-order valence-corrected chi connectivity index (χ3v) is 4.72. The van der Waals surface area contributed by atoms with Gasteiger partial charge < -0.3 is 5.73 Å². The third kappa shape index (κ3) is 3.82. The van der Waals surface area contributed by atoms with Crippen molar-refractivity contribution in [3.63, 3.8) is 0 Å². The molecule has 1 aromatic rings. The van der Waals surface area contributed by atoms with Gasteiger partial charge >= 0.3 is 0 Å². The standard InChI is InChI=1S/C18H29N/c1-14-11-15(2)17(16(3)12-14)13-18(19)9-7-5-4-6-8-10-18/h11-12H,4-10,13,19H2,1-3H3. The molecule has 0 atom stereocenters. The van der Waals surface area contributed by atoms with Crippen molar-refractivity contribution in [3.8, 4) is 0 Å². The zero-order valence-corrected chi connectivity index (χ0v) is 12.9. The molecule has 1 heteroatoms. The normalized spacial score (nSPS) is 19.8. The van der Waals surface area contributed by atoms with Gasteiger partial charge in [0.15, 0.2) is 0 Å². The fraction of sp³-hybridized carbons (Fsp3) is 0.667. The second-order valence-electron chi connectivity index (χ2n) is 6.68. The summed E-state index contributed by atoms with van der Waals surface area (Å²) < 4.78 is 0. The fourth-order valence-corrected chi connectivity index (χ4v) is 3.63. The second-order valence-corrected chi connectivity index (χ2v) is 6.68. The summed E-state index contributed by atoms with van der Waals surface area (Å²) >= 11 is 0. The first-order valence-corrected chi connectivity index (χ1v) is 7.86. The van der Waals surface area contributed by atoms with E-state index in [1.165, 1.54) is 67.2 Å². The first-order chi connectivity index (χ1) is 9.00. The van der Waals surface area contributed by atoms with Crippen LogP contribution >= 0.6 is 0 Å². The lowest BCUT2D eigenvalue weighted by molar-refractivity contribution is 0.313. The molecule has 0 bridgehead atoms. The van der Waals surface area contributed by atoms with Crippen LogP contribution in [0, 0.1) is 20.8 Å². The van der Waals surface area contributed by atoms with Crippen molar-refractivity contribution in [1.82, 2.24) is 0 Å². The van der Waals surface area contributed by atoms with E-state index in [0.717, 1.165) is 6.42 Å². The SMILES string of the molecule is Cc1cc(C)c(CC2(N)CCCCCCC2)c(C)c1. The molecule has 1 aromatic carbocycles. The minimum Gasteiger partial charge on any atom is -0.325 e. The van der Waals surface area contributed by atoms with Crippen LogP contribution in [-0.2, 0) is 6.42 Å². The van der Waals surface area contributed by atoms with Crippen LogP contribution < -0.4 is 5.73 Å². The van der Waals surface area contributed by atoms with E-state index in [1.807, 2.05) is 0 Å². The van der Waals surface area contributed by atoms with Crippen LogP contribution in [0.5, 0.6) is 0 Å². The van der Waals surface area contributed by atoms with Gasteiger partial charge in [-0.3, -0.25) is 0 Å². The number of hydrogen-bond acceptors (Lipinski definition) is 1. The number of nitrogens with two attached hydrogens (primary N) is 1. The molecule has 106 valence electrons. The third-order valence-electron chi connectivity index (χ3n) is 4.72. The minimum absolute atomic E-state index is 0.0329. The number of rotatable bonds is 2. The Hall–Kier alpha value is -0.820. The predicted octanol–water partition coefficient (Wildman–Crippen LogP) is 4.60. The van der Waals surface area contributed by atoms with E-state index in [-0.39, 0.29) is 5.54 Å². The van der Waals surface area contributed by atoms with Gasteiger partial charge in [-0.1, -0.05) is 49.8 Å². The van der Waals surface area contributed by atoms with Gasteiger partial charge in [0.05, 0.1) is 0 Å². The van der Waals surface area contributed by atoms with E-state index in [9.17, 15) is 0 Å². The molecule has 2 N–H and O–H groups in total. The number of hydrogen-bond donors (Lipinski definition) is 1. The lowest BCUT2D eigenvalue weighted by atomic mass is 9.78. The van der Waals surface area contributed by atoms with Crippen LogP contribution in [0.2, 0.25) is 0 Å². The zero-order valence-electron chi connectivity index (χ0n) is 12.9. The second kappa shape index (κ2) is 6.09. The molecule has 0 amide bonds. The Labute approximate surface area is 118 Å². The molecule has 1 fully saturated rings. The molecular formula is C18H29N. The monoisotopic (exact) mass is 259 g/mol. The molecule has 1 saturated carbocycles. The maximum atomic E-state index is 6.74. The summed E-state index contributed by atoms with van der Waals surface area (Å²) in [6.07, 6.45) is 10.2. The highest BCUT2D eigenvalue weighted by atomic mass is 14.7. The van der Waals surface area contributed by atoms with Gasteiger partial charge in [-0.15, -0.1) is 0 Å². The Morgan fingerprint density at radius 3 is 1.89 bits per heavy atom. The largest absolute Gasteiger partial charge is 0.325 e. The molecule has 0 aliphatic heterocycles. The van der Waals surface area contributed by atoms with Crippen LogP contribution in [-0.4, -0.2) is 5.54 Å². The van der Waals surface area contributed by atoms with E-state index in [4.69, 9.17) is 5.73 Å². The molecule has 2 rings (SSSR count). The molecule has 0 unspecified atom stereocenters. The minimum atomic E-state index is 0.0329. The van der Waals surface area contributed by atoms with Gasteiger partial charge in [0.2, 0.25) is 0 Å². The van der Waals surface area contributed by atoms with E-state index in [2.05, 4.69) is 32.9 Å². The van der Waals surface area contributed by atoms with Crippen LogP contribution in [0.1, 0.15) is 67.2 Å². The highest BCUT2D eigenvalue weighted by Crippen LogP contribution is 2.30. The van der Waals surface area contributed by atoms with E-state index in [1.54, 1.807) is 0 Å². The first kappa shape index (κ1) is 14.6. The van der Waals surface area contributed by atoms with E-state index in [0.29, 0.717) is 0 Å². The lowest BCUT2D eigenvalue weighted by Crippen LogP contribution is -2.43. The van der Waals surface area contributed by atoms with E-state index < -0.39 is 0 Å². The summed E-state index contributed by atoms with van der Waals surface area (Å²) in [4.78, 5) is 0. The molecule has 0 radical (unpaired) electrons. The fourth-order valence-electron chi connectivity index (χ4n) is 3.63. The Kier molecular flexibility index (Phi) is 4.67. The summed E-state index contributed by atoms with van der Waals surface area (Å²) in [6, 6.07) is 4.60. The van der Waals surface area contributed by atoms with Gasteiger partial charge in [-0.05, 0) is 56.7 Å². The zero-order chi connectivity index (χ0) is 13.9. The van der Waals surface area contributed by atoms with Gasteiger partial charge in [0.25, 0.3) is 0 Å². The van der Waals surface area contributed by atoms with Crippen molar-refractivity contribution in [2.45, 2.75) is 77.7 Å². The summed E-state index contributed by atoms with van der Waals surface area (Å²) in [6.45, 7) is 6.65. The van der Waals surface area contributed by atoms with Crippen molar-refractivity contribution in [3.05, 3.63) is 34.4 Å². The van der Waals surface area contributed by atoms with Crippen LogP contribution in [0.3, 0.4) is 0 Å². The van der Waals surface area contributed by atoms with Crippen molar-refractivity contribution in [2.75, 3.05) is 0 Å². The molecular weight excluding hydrogens is 230 g/mol. The summed E-state index contributed by atoms with van der Waals surface area (Å²) in [5, 5.41) is 0. The number of aryl methyl sites for hydroxylation is 3. The van der Waals surface area contributed by atoms with Crippen molar-refractivity contribution >= 4 is 0 Å². The molecule has 19 heavy (non-hydrogen) atoms. The highest BCUT2D eigenvalue weighted by molar-refractivity contribution is 5.38. The van der Waals surface area contributed by atoms with E-state index >= 15 is 0 Å². The topological polar surface area (TPSA) is 26.0 Å². The van der Waals surface area contributed by atoms with Crippen LogP contribution in [0.25, 0.3) is 0 Å². The molecule has 0 heterocycles. The molecule has 0 aromatic heterocycles. The first-order valence-electron chi connectivity index (χ1n) is 7.86. The quantitative estimate of drug-likeness (QED) is 0.825. The van der Waals surface area contributed by atoms with Gasteiger partial charge in [0, 0.05) is 5.54 Å². The molecule has 1 aliphatic rings. The van der Waals surface area contributed by atoms with Gasteiger partial charge in [-0.25, -0.2) is 0 Å². The van der Waals surface area contributed by atoms with Crippen molar-refractivity contribution in [2.24, 2.45) is 5.73 Å². The predicted molar refractivity (Wildman–Crippen MR) is 83.6 cm³/mol. The van der Waals surface area contributed by atoms with Crippen molar-refractivity contribution < 1.29 is 0 Å². The van der Waals surface area contributed by atoms with Gasteiger partial charge in [-0.2, -0.15) is 0 Å². The lowest BCUT2D eigenvalue weighted by Gasteiger charge is -2.33. The average molecular weight is 259 g/mol. The Balaban J connectivity index is 2.18. The Morgan fingerprint density at radius 1 is 0.895 bits per heavy atom. The summed E-state index contributed by atoms with van der Waals surface area (Å²) in [7, 11) is 0. The summed E-state index contributed by atoms with van der Waals surface area (Å²) in [5.41, 5.74) is 12.5. The Morgan fingerprint density at radius 2 is 1.37 bits per heavy atom. The maximum Gasteiger partial charge on any atom is 0.0195 e. The summed E-state index contributed by atoms with van der Waals surface area (Å²) in [5.74, 6) is 0.